The number of nitrogens with zero attached hydrogens (tertiary/aromatic N) is 1. The SMILES string of the molecule is Cc1c(OCc2ccc([N+](=O)[O-])cc2)ccc2c1O/C(=C\c1ccc(C(C)C)cc1)C2=O. The lowest BCUT2D eigenvalue weighted by molar-refractivity contribution is -0.384. The van der Waals surface area contributed by atoms with Crippen LogP contribution in [0.25, 0.3) is 6.08 Å². The first-order valence-electron chi connectivity index (χ1n) is 10.4. The van der Waals surface area contributed by atoms with E-state index in [1.807, 2.05) is 19.1 Å². The summed E-state index contributed by atoms with van der Waals surface area (Å²) in [6, 6.07) is 17.7. The van der Waals surface area contributed by atoms with Crippen LogP contribution in [0.4, 0.5) is 5.69 Å². The summed E-state index contributed by atoms with van der Waals surface area (Å²) < 4.78 is 11.8. The fourth-order valence-corrected chi connectivity index (χ4v) is 3.53. The Morgan fingerprint density at radius 1 is 1.03 bits per heavy atom. The summed E-state index contributed by atoms with van der Waals surface area (Å²) in [4.78, 5) is 23.2. The minimum absolute atomic E-state index is 0.0348. The molecule has 0 N–H and O–H groups in total. The third-order valence-corrected chi connectivity index (χ3v) is 5.48. The highest BCUT2D eigenvalue weighted by Crippen LogP contribution is 2.39. The van der Waals surface area contributed by atoms with Crippen LogP contribution in [0.5, 0.6) is 11.5 Å². The standard InChI is InChI=1S/C26H23NO5/c1-16(2)20-8-4-18(5-9-20)14-24-25(28)22-12-13-23(17(3)26(22)32-24)31-15-19-6-10-21(11-7-19)27(29)30/h4-14,16H,15H2,1-3H3/b24-14-. The Balaban J connectivity index is 1.51. The Morgan fingerprint density at radius 2 is 1.72 bits per heavy atom. The monoisotopic (exact) mass is 429 g/mol. The molecule has 0 aromatic heterocycles. The van der Waals surface area contributed by atoms with Gasteiger partial charge in [0.25, 0.3) is 5.69 Å². The van der Waals surface area contributed by atoms with Crippen LogP contribution in [-0.2, 0) is 6.61 Å². The maximum absolute atomic E-state index is 12.8. The molecule has 1 aliphatic rings. The molecule has 0 fully saturated rings. The van der Waals surface area contributed by atoms with Gasteiger partial charge >= 0.3 is 0 Å². The van der Waals surface area contributed by atoms with Crippen molar-refractivity contribution >= 4 is 17.5 Å². The molecule has 1 heterocycles. The van der Waals surface area contributed by atoms with Crippen molar-refractivity contribution in [3.63, 3.8) is 0 Å². The number of ketones is 1. The van der Waals surface area contributed by atoms with E-state index >= 15 is 0 Å². The van der Waals surface area contributed by atoms with Gasteiger partial charge in [-0.05, 0) is 59.9 Å². The van der Waals surface area contributed by atoms with E-state index < -0.39 is 4.92 Å². The van der Waals surface area contributed by atoms with Gasteiger partial charge in [-0.3, -0.25) is 14.9 Å². The largest absolute Gasteiger partial charge is 0.488 e. The van der Waals surface area contributed by atoms with Gasteiger partial charge in [0.2, 0.25) is 5.78 Å². The number of nitro benzene ring substituents is 1. The summed E-state index contributed by atoms with van der Waals surface area (Å²) in [5.74, 6) is 1.67. The molecule has 0 saturated carbocycles. The van der Waals surface area contributed by atoms with Crippen molar-refractivity contribution in [3.8, 4) is 11.5 Å². The Hall–Kier alpha value is -3.93. The van der Waals surface area contributed by atoms with Crippen molar-refractivity contribution < 1.29 is 19.2 Å². The molecule has 0 atom stereocenters. The van der Waals surface area contributed by atoms with Gasteiger partial charge in [0.15, 0.2) is 5.76 Å². The number of non-ortho nitro benzene ring substituents is 1. The van der Waals surface area contributed by atoms with Crippen molar-refractivity contribution in [1.29, 1.82) is 0 Å². The van der Waals surface area contributed by atoms with Crippen LogP contribution in [0.2, 0.25) is 0 Å². The smallest absolute Gasteiger partial charge is 0.269 e. The number of rotatable bonds is 6. The zero-order valence-electron chi connectivity index (χ0n) is 18.1. The molecule has 6 heteroatoms. The molecule has 4 rings (SSSR count). The third-order valence-electron chi connectivity index (χ3n) is 5.48. The number of nitro groups is 1. The fourth-order valence-electron chi connectivity index (χ4n) is 3.53. The summed E-state index contributed by atoms with van der Waals surface area (Å²) in [5, 5.41) is 10.8. The van der Waals surface area contributed by atoms with Crippen LogP contribution < -0.4 is 9.47 Å². The molecule has 6 nitrogen and oxygen atoms in total. The average molecular weight is 429 g/mol. The minimum atomic E-state index is -0.437. The number of ether oxygens (including phenoxy) is 2. The van der Waals surface area contributed by atoms with Gasteiger partial charge in [0.05, 0.1) is 10.5 Å². The summed E-state index contributed by atoms with van der Waals surface area (Å²) >= 11 is 0. The van der Waals surface area contributed by atoms with E-state index in [1.54, 1.807) is 30.3 Å². The lowest BCUT2D eigenvalue weighted by Crippen LogP contribution is -1.99. The summed E-state index contributed by atoms with van der Waals surface area (Å²) in [6.45, 7) is 6.36. The van der Waals surface area contributed by atoms with E-state index in [-0.39, 0.29) is 23.8 Å². The van der Waals surface area contributed by atoms with Gasteiger partial charge in [-0.2, -0.15) is 0 Å². The normalized spacial score (nSPS) is 13.9. The number of hydrogen-bond acceptors (Lipinski definition) is 5. The van der Waals surface area contributed by atoms with Gasteiger partial charge in [0.1, 0.15) is 18.1 Å². The molecule has 0 saturated heterocycles. The molecule has 3 aromatic rings. The minimum Gasteiger partial charge on any atom is -0.488 e. The second-order valence-corrected chi connectivity index (χ2v) is 8.04. The predicted molar refractivity (Wildman–Crippen MR) is 122 cm³/mol. The van der Waals surface area contributed by atoms with Crippen molar-refractivity contribution in [2.75, 3.05) is 0 Å². The number of allylic oxidation sites excluding steroid dienone is 1. The number of carbonyl (C=O) groups excluding carboxylic acids is 1. The summed E-state index contributed by atoms with van der Waals surface area (Å²) in [7, 11) is 0. The Kier molecular flexibility index (Phi) is 5.77. The maximum Gasteiger partial charge on any atom is 0.269 e. The molecule has 3 aromatic carbocycles. The molecular formula is C26H23NO5. The zero-order chi connectivity index (χ0) is 22.8. The molecular weight excluding hydrogens is 406 g/mol. The molecule has 0 aliphatic carbocycles. The summed E-state index contributed by atoms with van der Waals surface area (Å²) in [5.41, 5.74) is 4.22. The van der Waals surface area contributed by atoms with Gasteiger partial charge in [0, 0.05) is 17.7 Å². The van der Waals surface area contributed by atoms with Gasteiger partial charge < -0.3 is 9.47 Å². The van der Waals surface area contributed by atoms with Crippen molar-refractivity contribution in [2.45, 2.75) is 33.3 Å². The number of benzene rings is 3. The maximum atomic E-state index is 12.8. The Morgan fingerprint density at radius 3 is 2.34 bits per heavy atom. The van der Waals surface area contributed by atoms with Crippen LogP contribution in [0.15, 0.2) is 66.4 Å². The van der Waals surface area contributed by atoms with Crippen LogP contribution in [-0.4, -0.2) is 10.7 Å². The third kappa shape index (κ3) is 4.25. The van der Waals surface area contributed by atoms with Gasteiger partial charge in [-0.1, -0.05) is 38.1 Å². The van der Waals surface area contributed by atoms with E-state index in [0.717, 1.165) is 16.7 Å². The molecule has 1 aliphatic heterocycles. The number of hydrogen-bond donors (Lipinski definition) is 0. The molecule has 0 radical (unpaired) electrons. The van der Waals surface area contributed by atoms with Gasteiger partial charge in [-0.15, -0.1) is 0 Å². The first-order valence-corrected chi connectivity index (χ1v) is 10.4. The van der Waals surface area contributed by atoms with Gasteiger partial charge in [-0.25, -0.2) is 0 Å². The van der Waals surface area contributed by atoms with E-state index in [9.17, 15) is 14.9 Å². The molecule has 0 unspecified atom stereocenters. The molecule has 0 spiro atoms. The highest BCUT2D eigenvalue weighted by Gasteiger charge is 2.30. The van der Waals surface area contributed by atoms with Crippen molar-refractivity contribution in [3.05, 3.63) is 104 Å². The number of Topliss-reactive ketones (excluding diaryl/α,β-unsaturated/α-hetero) is 1. The van der Waals surface area contributed by atoms with Crippen molar-refractivity contribution in [2.24, 2.45) is 0 Å². The molecule has 0 amide bonds. The lowest BCUT2D eigenvalue weighted by Gasteiger charge is -2.11. The second-order valence-electron chi connectivity index (χ2n) is 8.04. The quantitative estimate of drug-likeness (QED) is 0.264. The van der Waals surface area contributed by atoms with E-state index in [1.165, 1.54) is 17.7 Å². The number of fused-ring (bicyclic) bond motifs is 1. The van der Waals surface area contributed by atoms with Crippen LogP contribution >= 0.6 is 0 Å². The van der Waals surface area contributed by atoms with E-state index in [4.69, 9.17) is 9.47 Å². The lowest BCUT2D eigenvalue weighted by atomic mass is 10.0. The predicted octanol–water partition coefficient (Wildman–Crippen LogP) is 6.22. The number of carbonyl (C=O) groups is 1. The second kappa shape index (κ2) is 8.67. The van der Waals surface area contributed by atoms with E-state index in [0.29, 0.717) is 23.0 Å². The first-order chi connectivity index (χ1) is 15.3. The highest BCUT2D eigenvalue weighted by molar-refractivity contribution is 6.14. The summed E-state index contributed by atoms with van der Waals surface area (Å²) in [6.07, 6.45) is 1.75. The topological polar surface area (TPSA) is 78.7 Å². The van der Waals surface area contributed by atoms with Crippen LogP contribution in [0.1, 0.15) is 52.4 Å². The molecule has 162 valence electrons. The molecule has 32 heavy (non-hydrogen) atoms. The highest BCUT2D eigenvalue weighted by atomic mass is 16.6. The Bertz CT molecular complexity index is 1210. The van der Waals surface area contributed by atoms with E-state index in [2.05, 4.69) is 26.0 Å². The fraction of sp³-hybridized carbons (Fsp3) is 0.192. The first kappa shape index (κ1) is 21.3. The Labute approximate surface area is 186 Å². The van der Waals surface area contributed by atoms with Crippen LogP contribution in [0.3, 0.4) is 0 Å². The van der Waals surface area contributed by atoms with Crippen LogP contribution in [0, 0.1) is 17.0 Å². The van der Waals surface area contributed by atoms with Crippen molar-refractivity contribution in [1.82, 2.24) is 0 Å². The molecule has 0 bridgehead atoms. The zero-order valence-corrected chi connectivity index (χ0v) is 18.1. The average Bonchev–Trinajstić information content (AvgIpc) is 3.10.